The van der Waals surface area contributed by atoms with Gasteiger partial charge in [0.05, 0.1) is 23.3 Å². The molecule has 0 spiro atoms. The van der Waals surface area contributed by atoms with Gasteiger partial charge in [-0.2, -0.15) is 5.10 Å². The van der Waals surface area contributed by atoms with Crippen LogP contribution in [0.15, 0.2) is 28.9 Å². The summed E-state index contributed by atoms with van der Waals surface area (Å²) in [5.41, 5.74) is -1.20. The van der Waals surface area contributed by atoms with Crippen molar-refractivity contribution < 1.29 is 18.7 Å². The van der Waals surface area contributed by atoms with Crippen LogP contribution in [-0.4, -0.2) is 39.5 Å². The summed E-state index contributed by atoms with van der Waals surface area (Å²) in [6, 6.07) is 3.34. The average molecular weight is 425 g/mol. The topological polar surface area (TPSA) is 98.4 Å². The fraction of sp³-hybridized carbons (Fsp3) is 0.550. The van der Waals surface area contributed by atoms with E-state index in [0.29, 0.717) is 30.2 Å². The van der Waals surface area contributed by atoms with Crippen molar-refractivity contribution in [2.24, 2.45) is 0 Å². The maximum Gasteiger partial charge on any atom is 0.407 e. The van der Waals surface area contributed by atoms with Crippen LogP contribution in [-0.2, 0) is 11.3 Å². The molecule has 0 radical (unpaired) electrons. The van der Waals surface area contributed by atoms with Gasteiger partial charge in [-0.3, -0.25) is 9.48 Å². The molecule has 0 unspecified atom stereocenters. The van der Waals surface area contributed by atoms with Crippen molar-refractivity contribution >= 4 is 23.6 Å². The van der Waals surface area contributed by atoms with Crippen LogP contribution >= 0.6 is 11.6 Å². The molecule has 0 aromatic carbocycles. The van der Waals surface area contributed by atoms with Crippen molar-refractivity contribution in [2.75, 3.05) is 6.54 Å². The molecule has 2 N–H and O–H groups in total. The van der Waals surface area contributed by atoms with E-state index in [1.54, 1.807) is 43.8 Å². The van der Waals surface area contributed by atoms with Gasteiger partial charge in [-0.25, -0.2) is 4.79 Å². The third-order valence-electron chi connectivity index (χ3n) is 4.51. The van der Waals surface area contributed by atoms with E-state index in [2.05, 4.69) is 15.7 Å². The second kappa shape index (κ2) is 9.35. The first-order valence-corrected chi connectivity index (χ1v) is 9.99. The zero-order valence-electron chi connectivity index (χ0n) is 17.5. The Morgan fingerprint density at radius 2 is 1.93 bits per heavy atom. The number of rotatable bonds is 8. The molecule has 0 fully saturated rings. The first-order valence-electron chi connectivity index (χ1n) is 9.62. The molecule has 0 atom stereocenters. The van der Waals surface area contributed by atoms with E-state index in [9.17, 15) is 9.59 Å². The number of aromatic nitrogens is 2. The quantitative estimate of drug-likeness (QED) is 0.667. The molecular weight excluding hydrogens is 396 g/mol. The van der Waals surface area contributed by atoms with Crippen molar-refractivity contribution in [1.29, 1.82) is 0 Å². The van der Waals surface area contributed by atoms with Crippen LogP contribution in [0.3, 0.4) is 0 Å². The molecule has 0 saturated heterocycles. The van der Waals surface area contributed by atoms with Gasteiger partial charge in [-0.15, -0.1) is 0 Å². The van der Waals surface area contributed by atoms with Crippen molar-refractivity contribution in [1.82, 2.24) is 20.4 Å². The highest BCUT2D eigenvalue weighted by Crippen LogP contribution is 2.18. The second-order valence-corrected chi connectivity index (χ2v) is 8.36. The summed E-state index contributed by atoms with van der Waals surface area (Å²) in [6.07, 6.45) is 3.95. The van der Waals surface area contributed by atoms with Gasteiger partial charge in [0, 0.05) is 12.7 Å². The number of amides is 2. The minimum Gasteiger partial charge on any atom is -0.454 e. The maximum absolute atomic E-state index is 12.7. The largest absolute Gasteiger partial charge is 0.454 e. The predicted molar refractivity (Wildman–Crippen MR) is 110 cm³/mol. The van der Waals surface area contributed by atoms with E-state index in [1.807, 2.05) is 13.8 Å². The average Bonchev–Trinajstić information content (AvgIpc) is 3.26. The molecule has 2 aromatic rings. The summed E-state index contributed by atoms with van der Waals surface area (Å²) >= 11 is 5.86. The maximum atomic E-state index is 12.7. The Hall–Kier alpha value is -2.48. The first kappa shape index (κ1) is 22.8. The number of carbonyl (C=O) groups is 2. The first-order chi connectivity index (χ1) is 13.6. The van der Waals surface area contributed by atoms with Gasteiger partial charge in [-0.1, -0.05) is 25.4 Å². The fourth-order valence-corrected chi connectivity index (χ4v) is 2.90. The SMILES string of the molecule is CCC(CC)(CNC(=O)OC(C)(C)C)NC(=O)c1ccc(Cn2cc(Cl)cn2)o1. The number of furan rings is 1. The number of ether oxygens (including phenoxy) is 1. The van der Waals surface area contributed by atoms with Crippen LogP contribution in [0.2, 0.25) is 5.02 Å². The van der Waals surface area contributed by atoms with Gasteiger partial charge in [0.1, 0.15) is 11.4 Å². The van der Waals surface area contributed by atoms with Gasteiger partial charge in [0.2, 0.25) is 0 Å². The van der Waals surface area contributed by atoms with Gasteiger partial charge in [0.15, 0.2) is 5.76 Å². The smallest absolute Gasteiger partial charge is 0.407 e. The predicted octanol–water partition coefficient (Wildman–Crippen LogP) is 3.99. The number of hydrogen-bond acceptors (Lipinski definition) is 5. The molecule has 2 aromatic heterocycles. The highest BCUT2D eigenvalue weighted by atomic mass is 35.5. The van der Waals surface area contributed by atoms with E-state index in [0.717, 1.165) is 0 Å². The second-order valence-electron chi connectivity index (χ2n) is 7.92. The monoisotopic (exact) mass is 424 g/mol. The normalized spacial score (nSPS) is 11.9. The van der Waals surface area contributed by atoms with Crippen molar-refractivity contribution in [2.45, 2.75) is 65.1 Å². The summed E-state index contributed by atoms with van der Waals surface area (Å²) in [7, 11) is 0. The molecule has 0 aliphatic rings. The molecule has 0 saturated carbocycles. The lowest BCUT2D eigenvalue weighted by Gasteiger charge is -2.33. The lowest BCUT2D eigenvalue weighted by atomic mass is 9.92. The molecule has 2 amide bonds. The summed E-state index contributed by atoms with van der Waals surface area (Å²) in [5, 5.41) is 10.4. The van der Waals surface area contributed by atoms with E-state index in [1.165, 1.54) is 6.20 Å². The number of carbonyl (C=O) groups excluding carboxylic acids is 2. The minimum atomic E-state index is -0.615. The Morgan fingerprint density at radius 3 is 2.48 bits per heavy atom. The van der Waals surface area contributed by atoms with E-state index in [4.69, 9.17) is 20.8 Å². The van der Waals surface area contributed by atoms with Crippen molar-refractivity contribution in [3.63, 3.8) is 0 Å². The summed E-state index contributed by atoms with van der Waals surface area (Å²) in [5.74, 6) is 0.437. The van der Waals surface area contributed by atoms with E-state index in [-0.39, 0.29) is 18.2 Å². The van der Waals surface area contributed by atoms with E-state index >= 15 is 0 Å². The summed E-state index contributed by atoms with van der Waals surface area (Å²) in [6.45, 7) is 9.92. The van der Waals surface area contributed by atoms with Crippen LogP contribution < -0.4 is 10.6 Å². The zero-order valence-corrected chi connectivity index (χ0v) is 18.3. The Labute approximate surface area is 175 Å². The standard InChI is InChI=1S/C20H29ClN4O4/c1-6-20(7-2,13-22-18(27)29-19(3,4)5)24-17(26)16-9-8-15(28-16)12-25-11-14(21)10-23-25/h8-11H,6-7,12-13H2,1-5H3,(H,22,27)(H,24,26). The van der Waals surface area contributed by atoms with Crippen LogP contribution in [0.4, 0.5) is 4.79 Å². The number of alkyl carbamates (subject to hydrolysis) is 1. The Kier molecular flexibility index (Phi) is 7.35. The molecule has 29 heavy (non-hydrogen) atoms. The molecule has 0 bridgehead atoms. The number of nitrogens with one attached hydrogen (secondary N) is 2. The molecule has 160 valence electrons. The van der Waals surface area contributed by atoms with Crippen molar-refractivity contribution in [3.05, 3.63) is 41.1 Å². The Morgan fingerprint density at radius 1 is 1.24 bits per heavy atom. The third kappa shape index (κ3) is 6.81. The molecule has 0 aliphatic heterocycles. The Balaban J connectivity index is 2.00. The fourth-order valence-electron chi connectivity index (χ4n) is 2.75. The molecule has 2 heterocycles. The molecular formula is C20H29ClN4O4. The van der Waals surface area contributed by atoms with Gasteiger partial charge < -0.3 is 19.8 Å². The summed E-state index contributed by atoms with van der Waals surface area (Å²) < 4.78 is 12.6. The van der Waals surface area contributed by atoms with E-state index < -0.39 is 17.2 Å². The number of halogens is 1. The number of nitrogens with zero attached hydrogens (tertiary/aromatic N) is 2. The Bertz CT molecular complexity index is 834. The van der Waals surface area contributed by atoms with Gasteiger partial charge in [-0.05, 0) is 45.7 Å². The lowest BCUT2D eigenvalue weighted by Crippen LogP contribution is -2.55. The lowest BCUT2D eigenvalue weighted by molar-refractivity contribution is 0.0501. The highest BCUT2D eigenvalue weighted by Gasteiger charge is 2.31. The van der Waals surface area contributed by atoms with Crippen LogP contribution in [0.1, 0.15) is 63.8 Å². The number of hydrogen-bond donors (Lipinski definition) is 2. The molecule has 8 nitrogen and oxygen atoms in total. The highest BCUT2D eigenvalue weighted by molar-refractivity contribution is 6.30. The zero-order chi connectivity index (χ0) is 21.7. The third-order valence-corrected chi connectivity index (χ3v) is 4.70. The minimum absolute atomic E-state index is 0.196. The van der Waals surface area contributed by atoms with Crippen LogP contribution in [0.5, 0.6) is 0 Å². The molecule has 9 heteroatoms. The van der Waals surface area contributed by atoms with Gasteiger partial charge in [0.25, 0.3) is 5.91 Å². The van der Waals surface area contributed by atoms with Gasteiger partial charge >= 0.3 is 6.09 Å². The van der Waals surface area contributed by atoms with Crippen LogP contribution in [0, 0.1) is 0 Å². The van der Waals surface area contributed by atoms with Crippen LogP contribution in [0.25, 0.3) is 0 Å². The molecule has 2 rings (SSSR count). The molecule has 0 aliphatic carbocycles. The van der Waals surface area contributed by atoms with Crippen molar-refractivity contribution in [3.8, 4) is 0 Å². The summed E-state index contributed by atoms with van der Waals surface area (Å²) in [4.78, 5) is 24.7.